The van der Waals surface area contributed by atoms with Gasteiger partial charge >= 0.3 is 5.69 Å². The van der Waals surface area contributed by atoms with E-state index >= 15 is 0 Å². The molecule has 19 heavy (non-hydrogen) atoms. The molecule has 0 aromatic carbocycles. The number of hydrogen-bond donors (Lipinski definition) is 3. The number of nitrogens with two attached hydrogens (primary N) is 1. The second-order valence-electron chi connectivity index (χ2n) is 3.62. The molecule has 10 heteroatoms. The topological polar surface area (TPSA) is 145 Å². The number of aromatic nitrogens is 3. The molecule has 2 aromatic rings. The molecule has 0 bridgehead atoms. The van der Waals surface area contributed by atoms with Crippen molar-refractivity contribution in [2.24, 2.45) is 5.84 Å². The molecule has 0 aliphatic heterocycles. The van der Waals surface area contributed by atoms with Crippen LogP contribution in [-0.2, 0) is 6.54 Å². The van der Waals surface area contributed by atoms with E-state index in [1.54, 1.807) is 13.0 Å². The van der Waals surface area contributed by atoms with Crippen molar-refractivity contribution >= 4 is 17.5 Å². The summed E-state index contributed by atoms with van der Waals surface area (Å²) in [4.78, 5) is 17.8. The highest BCUT2D eigenvalue weighted by molar-refractivity contribution is 5.56. The van der Waals surface area contributed by atoms with Gasteiger partial charge in [0.1, 0.15) is 6.20 Å². The molecule has 0 amide bonds. The van der Waals surface area contributed by atoms with Crippen LogP contribution in [-0.4, -0.2) is 20.0 Å². The number of nitrogen functional groups attached to an aromatic ring is 1. The molecule has 0 saturated carbocycles. The number of anilines is 2. The minimum Gasteiger partial charge on any atom is -0.359 e. The lowest BCUT2D eigenvalue weighted by Gasteiger charge is -2.05. The highest BCUT2D eigenvalue weighted by atomic mass is 16.6. The number of hydrogen-bond acceptors (Lipinski definition) is 9. The molecule has 0 radical (unpaired) electrons. The minimum atomic E-state index is -0.589. The van der Waals surface area contributed by atoms with Gasteiger partial charge in [0.25, 0.3) is 0 Å². The first-order valence-electron chi connectivity index (χ1n) is 5.24. The second kappa shape index (κ2) is 5.27. The van der Waals surface area contributed by atoms with Gasteiger partial charge in [-0.25, -0.2) is 10.8 Å². The van der Waals surface area contributed by atoms with Crippen molar-refractivity contribution < 1.29 is 9.45 Å². The number of rotatable bonds is 5. The van der Waals surface area contributed by atoms with Crippen LogP contribution in [0.1, 0.15) is 11.5 Å². The highest BCUT2D eigenvalue weighted by Crippen LogP contribution is 2.22. The molecule has 4 N–H and O–H groups in total. The van der Waals surface area contributed by atoms with Gasteiger partial charge in [0.15, 0.2) is 5.76 Å². The number of nitro groups is 1. The van der Waals surface area contributed by atoms with E-state index in [4.69, 9.17) is 10.4 Å². The van der Waals surface area contributed by atoms with Gasteiger partial charge in [0.2, 0.25) is 11.8 Å². The lowest BCUT2D eigenvalue weighted by molar-refractivity contribution is -0.384. The van der Waals surface area contributed by atoms with E-state index in [0.717, 1.165) is 11.9 Å². The van der Waals surface area contributed by atoms with Crippen LogP contribution in [0, 0.1) is 17.0 Å². The molecule has 100 valence electrons. The standard InChI is InChI=1S/C9H11N7O3/c1-5-2-6(19-15-5)3-11-8-7(16(17)18)4-12-9(13-8)14-10/h2,4H,3,10H2,1H3,(H2,11,12,13,14). The van der Waals surface area contributed by atoms with E-state index in [1.807, 2.05) is 0 Å². The van der Waals surface area contributed by atoms with Crippen LogP contribution in [0.15, 0.2) is 16.8 Å². The average Bonchev–Trinajstić information content (AvgIpc) is 2.81. The molecule has 0 atom stereocenters. The van der Waals surface area contributed by atoms with E-state index in [2.05, 4.69) is 25.9 Å². The van der Waals surface area contributed by atoms with Crippen molar-refractivity contribution in [3.05, 3.63) is 33.8 Å². The fourth-order valence-electron chi connectivity index (χ4n) is 1.38. The van der Waals surface area contributed by atoms with Gasteiger partial charge in [0.05, 0.1) is 17.2 Å². The first-order chi connectivity index (χ1) is 9.10. The third-order valence-electron chi connectivity index (χ3n) is 2.20. The fraction of sp³-hybridized carbons (Fsp3) is 0.222. The number of nitrogens with zero attached hydrogens (tertiary/aromatic N) is 4. The maximum absolute atomic E-state index is 10.8. The third-order valence-corrected chi connectivity index (χ3v) is 2.20. The summed E-state index contributed by atoms with van der Waals surface area (Å²) in [6, 6.07) is 1.71. The molecule has 0 saturated heterocycles. The Balaban J connectivity index is 2.19. The Bertz CT molecular complexity index is 597. The summed E-state index contributed by atoms with van der Waals surface area (Å²) in [7, 11) is 0. The monoisotopic (exact) mass is 265 g/mol. The largest absolute Gasteiger partial charge is 0.359 e. The Morgan fingerprint density at radius 1 is 1.58 bits per heavy atom. The van der Waals surface area contributed by atoms with Crippen molar-refractivity contribution in [3.63, 3.8) is 0 Å². The van der Waals surface area contributed by atoms with Crippen LogP contribution in [0.2, 0.25) is 0 Å². The fourth-order valence-corrected chi connectivity index (χ4v) is 1.38. The molecule has 0 unspecified atom stereocenters. The SMILES string of the molecule is Cc1cc(CNc2nc(NN)ncc2[N+](=O)[O-])on1. The zero-order chi connectivity index (χ0) is 13.8. The molecule has 0 spiro atoms. The van der Waals surface area contributed by atoms with Gasteiger partial charge in [-0.05, 0) is 6.92 Å². The molecule has 10 nitrogen and oxygen atoms in total. The minimum absolute atomic E-state index is 0.0435. The molecule has 2 aromatic heterocycles. The van der Waals surface area contributed by atoms with Crippen LogP contribution in [0.4, 0.5) is 17.5 Å². The lowest BCUT2D eigenvalue weighted by Crippen LogP contribution is -2.13. The highest BCUT2D eigenvalue weighted by Gasteiger charge is 2.17. The van der Waals surface area contributed by atoms with Crippen molar-refractivity contribution in [3.8, 4) is 0 Å². The van der Waals surface area contributed by atoms with Crippen LogP contribution in [0.5, 0.6) is 0 Å². The Kier molecular flexibility index (Phi) is 3.52. The van der Waals surface area contributed by atoms with Crippen molar-refractivity contribution in [2.75, 3.05) is 10.7 Å². The quantitative estimate of drug-likeness (QED) is 0.401. The van der Waals surface area contributed by atoms with E-state index in [-0.39, 0.29) is 24.0 Å². The number of nitrogens with one attached hydrogen (secondary N) is 2. The normalized spacial score (nSPS) is 10.2. The first-order valence-corrected chi connectivity index (χ1v) is 5.24. The Morgan fingerprint density at radius 2 is 2.37 bits per heavy atom. The number of hydrazine groups is 1. The Hall–Kier alpha value is -2.75. The van der Waals surface area contributed by atoms with E-state index in [9.17, 15) is 10.1 Å². The summed E-state index contributed by atoms with van der Waals surface area (Å²) >= 11 is 0. The molecule has 0 aliphatic carbocycles. The molecular weight excluding hydrogens is 254 g/mol. The molecule has 0 fully saturated rings. The summed E-state index contributed by atoms with van der Waals surface area (Å²) in [6.07, 6.45) is 1.07. The lowest BCUT2D eigenvalue weighted by atomic mass is 10.4. The van der Waals surface area contributed by atoms with Gasteiger partial charge in [-0.2, -0.15) is 4.98 Å². The van der Waals surface area contributed by atoms with Crippen molar-refractivity contribution in [1.29, 1.82) is 0 Å². The van der Waals surface area contributed by atoms with E-state index in [1.165, 1.54) is 0 Å². The van der Waals surface area contributed by atoms with Crippen LogP contribution in [0.3, 0.4) is 0 Å². The van der Waals surface area contributed by atoms with E-state index in [0.29, 0.717) is 5.76 Å². The second-order valence-corrected chi connectivity index (χ2v) is 3.62. The predicted molar refractivity (Wildman–Crippen MR) is 65.1 cm³/mol. The zero-order valence-corrected chi connectivity index (χ0v) is 9.95. The number of aryl methyl sites for hydroxylation is 1. The van der Waals surface area contributed by atoms with Gasteiger partial charge in [0, 0.05) is 6.07 Å². The predicted octanol–water partition coefficient (Wildman–Crippen LogP) is 0.579. The van der Waals surface area contributed by atoms with Gasteiger partial charge in [-0.3, -0.25) is 15.5 Å². The maximum atomic E-state index is 10.8. The van der Waals surface area contributed by atoms with Crippen LogP contribution < -0.4 is 16.6 Å². The Morgan fingerprint density at radius 3 is 2.95 bits per heavy atom. The summed E-state index contributed by atoms with van der Waals surface area (Å²) in [5.74, 6) is 5.80. The summed E-state index contributed by atoms with van der Waals surface area (Å²) in [6.45, 7) is 1.99. The Labute approximate surface area is 107 Å². The van der Waals surface area contributed by atoms with Gasteiger partial charge < -0.3 is 9.84 Å². The summed E-state index contributed by atoms with van der Waals surface area (Å²) in [5.41, 5.74) is 2.68. The average molecular weight is 265 g/mol. The molecule has 2 rings (SSSR count). The van der Waals surface area contributed by atoms with Crippen molar-refractivity contribution in [1.82, 2.24) is 15.1 Å². The zero-order valence-electron chi connectivity index (χ0n) is 9.95. The molecule has 0 aliphatic rings. The van der Waals surface area contributed by atoms with Gasteiger partial charge in [-0.15, -0.1) is 0 Å². The van der Waals surface area contributed by atoms with E-state index < -0.39 is 4.92 Å². The summed E-state index contributed by atoms with van der Waals surface area (Å²) < 4.78 is 4.98. The van der Waals surface area contributed by atoms with Gasteiger partial charge in [-0.1, -0.05) is 5.16 Å². The summed E-state index contributed by atoms with van der Waals surface area (Å²) in [5, 5.41) is 17.3. The van der Waals surface area contributed by atoms with Crippen molar-refractivity contribution in [2.45, 2.75) is 13.5 Å². The van der Waals surface area contributed by atoms with Crippen LogP contribution in [0.25, 0.3) is 0 Å². The first kappa shape index (κ1) is 12.7. The molecular formula is C9H11N7O3. The third kappa shape index (κ3) is 2.93. The van der Waals surface area contributed by atoms with Crippen LogP contribution >= 0.6 is 0 Å². The molecule has 2 heterocycles. The smallest absolute Gasteiger partial charge is 0.329 e. The maximum Gasteiger partial charge on any atom is 0.329 e.